The third-order valence-electron chi connectivity index (χ3n) is 3.37. The summed E-state index contributed by atoms with van der Waals surface area (Å²) in [7, 11) is 3.08. The molecule has 108 valence electrons. The topological polar surface area (TPSA) is 68.9 Å². The lowest BCUT2D eigenvalue weighted by atomic mass is 10.2. The van der Waals surface area contributed by atoms with Gasteiger partial charge in [0.1, 0.15) is 5.39 Å². The summed E-state index contributed by atoms with van der Waals surface area (Å²) >= 11 is 1.64. The fraction of sp³-hybridized carbons (Fsp3) is 0.214. The number of fused-ring (bicyclic) bond motifs is 1. The van der Waals surface area contributed by atoms with E-state index in [0.717, 1.165) is 4.57 Å². The van der Waals surface area contributed by atoms with E-state index < -0.39 is 0 Å². The summed E-state index contributed by atoms with van der Waals surface area (Å²) in [5, 5.41) is 5.68. The first kappa shape index (κ1) is 13.6. The van der Waals surface area contributed by atoms with Crippen LogP contribution in [0.25, 0.3) is 11.0 Å². The van der Waals surface area contributed by atoms with Crippen molar-refractivity contribution >= 4 is 28.1 Å². The summed E-state index contributed by atoms with van der Waals surface area (Å²) in [6.45, 7) is 0.628. The number of rotatable bonds is 3. The zero-order chi connectivity index (χ0) is 15.0. The van der Waals surface area contributed by atoms with Gasteiger partial charge in [0.05, 0.1) is 5.69 Å². The van der Waals surface area contributed by atoms with Crippen molar-refractivity contribution in [2.24, 2.45) is 14.1 Å². The van der Waals surface area contributed by atoms with Gasteiger partial charge in [0.25, 0.3) is 5.56 Å². The first-order valence-corrected chi connectivity index (χ1v) is 7.28. The van der Waals surface area contributed by atoms with Gasteiger partial charge in [-0.2, -0.15) is 0 Å². The van der Waals surface area contributed by atoms with Gasteiger partial charge in [-0.05, 0) is 17.5 Å². The Hall–Kier alpha value is -2.41. The summed E-state index contributed by atoms with van der Waals surface area (Å²) in [5.41, 5.74) is 0.356. The molecule has 21 heavy (non-hydrogen) atoms. The molecule has 0 spiro atoms. The van der Waals surface area contributed by atoms with Crippen molar-refractivity contribution in [1.82, 2.24) is 14.1 Å². The van der Waals surface area contributed by atoms with Crippen LogP contribution in [-0.2, 0) is 20.6 Å². The minimum absolute atomic E-state index is 0.338. The third kappa shape index (κ3) is 2.25. The van der Waals surface area contributed by atoms with Crippen molar-refractivity contribution in [3.8, 4) is 0 Å². The molecule has 0 atom stereocenters. The quantitative estimate of drug-likeness (QED) is 0.792. The molecule has 0 saturated heterocycles. The van der Waals surface area contributed by atoms with Crippen LogP contribution < -0.4 is 16.6 Å². The molecule has 7 heteroatoms. The van der Waals surface area contributed by atoms with Gasteiger partial charge in [-0.1, -0.05) is 6.07 Å². The van der Waals surface area contributed by atoms with Crippen LogP contribution in [0, 0.1) is 0 Å². The minimum Gasteiger partial charge on any atom is -0.379 e. The standard InChI is InChI=1S/C14H14N4O2S/c1-17-12-11(13(19)18(2)14(17)20)10(5-6-15-12)16-8-9-4-3-7-21-9/h3-7H,8H2,1-2H3,(H,15,16). The number of nitrogens with zero attached hydrogens (tertiary/aromatic N) is 3. The molecule has 0 fully saturated rings. The van der Waals surface area contributed by atoms with Crippen LogP contribution in [0.15, 0.2) is 39.4 Å². The SMILES string of the molecule is Cn1c(=O)c2c(NCc3cccs3)ccnc2n(C)c1=O. The Kier molecular flexibility index (Phi) is 3.34. The van der Waals surface area contributed by atoms with Gasteiger partial charge in [-0.25, -0.2) is 9.78 Å². The molecular formula is C14H14N4O2S. The normalized spacial score (nSPS) is 11.0. The van der Waals surface area contributed by atoms with Gasteiger partial charge in [0, 0.05) is 31.7 Å². The lowest BCUT2D eigenvalue weighted by Crippen LogP contribution is -2.37. The highest BCUT2D eigenvalue weighted by atomic mass is 32.1. The van der Waals surface area contributed by atoms with Crippen molar-refractivity contribution in [1.29, 1.82) is 0 Å². The number of hydrogen-bond donors (Lipinski definition) is 1. The molecule has 3 rings (SSSR count). The predicted octanol–water partition coefficient (Wildman–Crippen LogP) is 1.31. The Labute approximate surface area is 124 Å². The second-order valence-corrected chi connectivity index (χ2v) is 5.73. The van der Waals surface area contributed by atoms with Crippen molar-refractivity contribution in [2.45, 2.75) is 6.54 Å². The monoisotopic (exact) mass is 302 g/mol. The average molecular weight is 302 g/mol. The fourth-order valence-electron chi connectivity index (χ4n) is 2.23. The number of thiophene rings is 1. The summed E-state index contributed by atoms with van der Waals surface area (Å²) in [6.07, 6.45) is 1.60. The first-order valence-electron chi connectivity index (χ1n) is 6.40. The number of hydrogen-bond acceptors (Lipinski definition) is 5. The molecule has 0 saturated carbocycles. The molecule has 0 bridgehead atoms. The highest BCUT2D eigenvalue weighted by molar-refractivity contribution is 7.09. The molecule has 0 aliphatic heterocycles. The van der Waals surface area contributed by atoms with Crippen LogP contribution >= 0.6 is 11.3 Å². The van der Waals surface area contributed by atoms with E-state index in [1.54, 1.807) is 30.6 Å². The molecule has 6 nitrogen and oxygen atoms in total. The second-order valence-electron chi connectivity index (χ2n) is 4.70. The molecule has 0 unspecified atom stereocenters. The minimum atomic E-state index is -0.379. The van der Waals surface area contributed by atoms with Gasteiger partial charge in [0.15, 0.2) is 5.65 Å². The van der Waals surface area contributed by atoms with Crippen LogP contribution in [0.4, 0.5) is 5.69 Å². The molecule has 0 radical (unpaired) electrons. The van der Waals surface area contributed by atoms with Gasteiger partial charge >= 0.3 is 5.69 Å². The lowest BCUT2D eigenvalue weighted by Gasteiger charge is -2.11. The fourth-order valence-corrected chi connectivity index (χ4v) is 2.87. The van der Waals surface area contributed by atoms with E-state index in [1.165, 1.54) is 16.5 Å². The molecule has 0 aliphatic carbocycles. The van der Waals surface area contributed by atoms with E-state index in [0.29, 0.717) is 23.3 Å². The zero-order valence-electron chi connectivity index (χ0n) is 11.7. The summed E-state index contributed by atoms with van der Waals surface area (Å²) < 4.78 is 2.48. The van der Waals surface area contributed by atoms with Gasteiger partial charge in [0.2, 0.25) is 0 Å². The molecule has 3 aromatic heterocycles. The number of pyridine rings is 1. The van der Waals surface area contributed by atoms with Gasteiger partial charge in [-0.3, -0.25) is 13.9 Å². The Morgan fingerprint density at radius 1 is 1.24 bits per heavy atom. The smallest absolute Gasteiger partial charge is 0.332 e. The van der Waals surface area contributed by atoms with Crippen molar-refractivity contribution in [2.75, 3.05) is 5.32 Å². The van der Waals surface area contributed by atoms with Crippen LogP contribution in [0.3, 0.4) is 0 Å². The molecule has 3 heterocycles. The maximum atomic E-state index is 12.4. The van der Waals surface area contributed by atoms with E-state index in [1.807, 2.05) is 17.5 Å². The maximum absolute atomic E-state index is 12.4. The number of aromatic nitrogens is 3. The molecule has 0 aliphatic rings. The highest BCUT2D eigenvalue weighted by Crippen LogP contribution is 2.18. The average Bonchev–Trinajstić information content (AvgIpc) is 3.01. The number of aryl methyl sites for hydroxylation is 1. The number of anilines is 1. The Balaban J connectivity index is 2.15. The van der Waals surface area contributed by atoms with E-state index in [-0.39, 0.29) is 11.2 Å². The van der Waals surface area contributed by atoms with E-state index in [2.05, 4.69) is 10.3 Å². The lowest BCUT2D eigenvalue weighted by molar-refractivity contribution is 0.708. The van der Waals surface area contributed by atoms with Gasteiger partial charge in [-0.15, -0.1) is 11.3 Å². The Morgan fingerprint density at radius 2 is 2.05 bits per heavy atom. The largest absolute Gasteiger partial charge is 0.379 e. The van der Waals surface area contributed by atoms with Gasteiger partial charge < -0.3 is 5.32 Å². The van der Waals surface area contributed by atoms with E-state index in [4.69, 9.17) is 0 Å². The molecule has 1 N–H and O–H groups in total. The highest BCUT2D eigenvalue weighted by Gasteiger charge is 2.13. The molecule has 0 amide bonds. The molecule has 3 aromatic rings. The zero-order valence-corrected chi connectivity index (χ0v) is 12.5. The van der Waals surface area contributed by atoms with Crippen molar-refractivity contribution < 1.29 is 0 Å². The van der Waals surface area contributed by atoms with Crippen LogP contribution in [0.5, 0.6) is 0 Å². The van der Waals surface area contributed by atoms with E-state index in [9.17, 15) is 9.59 Å². The third-order valence-corrected chi connectivity index (χ3v) is 4.25. The number of nitrogens with one attached hydrogen (secondary N) is 1. The van der Waals surface area contributed by atoms with Crippen LogP contribution in [-0.4, -0.2) is 14.1 Å². The van der Waals surface area contributed by atoms with Crippen molar-refractivity contribution in [3.63, 3.8) is 0 Å². The molecular weight excluding hydrogens is 288 g/mol. The Morgan fingerprint density at radius 3 is 2.76 bits per heavy atom. The van der Waals surface area contributed by atoms with Crippen molar-refractivity contribution in [3.05, 3.63) is 55.5 Å². The predicted molar refractivity (Wildman–Crippen MR) is 83.9 cm³/mol. The van der Waals surface area contributed by atoms with Crippen LogP contribution in [0.1, 0.15) is 4.88 Å². The summed E-state index contributed by atoms with van der Waals surface area (Å²) in [4.78, 5) is 29.6. The summed E-state index contributed by atoms with van der Waals surface area (Å²) in [6, 6.07) is 5.76. The Bertz CT molecular complexity index is 909. The molecule has 0 aromatic carbocycles. The summed E-state index contributed by atoms with van der Waals surface area (Å²) in [5.74, 6) is 0. The van der Waals surface area contributed by atoms with E-state index >= 15 is 0 Å². The second kappa shape index (κ2) is 5.17. The maximum Gasteiger partial charge on any atom is 0.332 e. The first-order chi connectivity index (χ1) is 10.1. The van der Waals surface area contributed by atoms with Crippen LogP contribution in [0.2, 0.25) is 0 Å².